The van der Waals surface area contributed by atoms with Crippen LogP contribution in [0.1, 0.15) is 25.0 Å². The lowest BCUT2D eigenvalue weighted by Crippen LogP contribution is -2.18. The molecule has 4 heteroatoms. The summed E-state index contributed by atoms with van der Waals surface area (Å²) in [4.78, 5) is 0. The summed E-state index contributed by atoms with van der Waals surface area (Å²) in [6, 6.07) is 9.96. The number of benzene rings is 2. The molecule has 0 aliphatic rings. The van der Waals surface area contributed by atoms with Crippen LogP contribution >= 0.6 is 0 Å². The standard InChI is InChI=1S/C19H16O4/c1-5-22-17-9-7-13(11-15(17)20)19(3,4)14-8-10-18(23-6-2)16(21)12-14/h1-2,7-12,20-21H,3-4H3. The van der Waals surface area contributed by atoms with Crippen molar-refractivity contribution in [3.63, 3.8) is 0 Å². The van der Waals surface area contributed by atoms with E-state index in [1.807, 2.05) is 26.1 Å². The maximum absolute atomic E-state index is 9.99. The Morgan fingerprint density at radius 1 is 0.826 bits per heavy atom. The molecule has 0 saturated carbocycles. The Morgan fingerprint density at radius 3 is 1.52 bits per heavy atom. The fourth-order valence-electron chi connectivity index (χ4n) is 2.28. The first-order valence-corrected chi connectivity index (χ1v) is 6.82. The summed E-state index contributed by atoms with van der Waals surface area (Å²) in [6.07, 6.45) is 14.2. The molecular formula is C19H16O4. The van der Waals surface area contributed by atoms with Crippen LogP contribution in [0.25, 0.3) is 0 Å². The second-order valence-corrected chi connectivity index (χ2v) is 5.43. The lowest BCUT2D eigenvalue weighted by Gasteiger charge is -2.26. The molecule has 0 aliphatic carbocycles. The van der Waals surface area contributed by atoms with Gasteiger partial charge in [0.15, 0.2) is 23.0 Å². The van der Waals surface area contributed by atoms with Crippen molar-refractivity contribution in [3.05, 3.63) is 47.5 Å². The number of terminal acetylenes is 2. The first kappa shape index (κ1) is 16.1. The molecule has 0 bridgehead atoms. The number of aromatic hydroxyl groups is 2. The van der Waals surface area contributed by atoms with Crippen molar-refractivity contribution in [1.29, 1.82) is 0 Å². The van der Waals surface area contributed by atoms with Crippen LogP contribution in [0, 0.1) is 25.1 Å². The largest absolute Gasteiger partial charge is 0.504 e. The molecular weight excluding hydrogens is 292 g/mol. The molecule has 0 unspecified atom stereocenters. The molecule has 4 nitrogen and oxygen atoms in total. The van der Waals surface area contributed by atoms with Crippen LogP contribution in [0.3, 0.4) is 0 Å². The number of phenolic OH excluding ortho intramolecular Hbond substituents is 2. The highest BCUT2D eigenvalue weighted by Crippen LogP contribution is 2.39. The normalized spacial score (nSPS) is 10.4. The third kappa shape index (κ3) is 3.17. The Balaban J connectivity index is 2.42. The molecule has 0 spiro atoms. The van der Waals surface area contributed by atoms with Gasteiger partial charge in [-0.25, -0.2) is 0 Å². The van der Waals surface area contributed by atoms with E-state index in [1.54, 1.807) is 36.4 Å². The van der Waals surface area contributed by atoms with Gasteiger partial charge in [-0.3, -0.25) is 0 Å². The Hall–Kier alpha value is -3.24. The van der Waals surface area contributed by atoms with Crippen LogP contribution in [0.4, 0.5) is 0 Å². The summed E-state index contributed by atoms with van der Waals surface area (Å²) < 4.78 is 9.75. The average Bonchev–Trinajstić information content (AvgIpc) is 2.51. The molecule has 0 radical (unpaired) electrons. The van der Waals surface area contributed by atoms with Crippen LogP contribution in [0.5, 0.6) is 23.0 Å². The minimum atomic E-state index is -0.488. The van der Waals surface area contributed by atoms with E-state index in [0.717, 1.165) is 11.1 Å². The van der Waals surface area contributed by atoms with E-state index in [0.29, 0.717) is 0 Å². The predicted molar refractivity (Wildman–Crippen MR) is 87.3 cm³/mol. The highest BCUT2D eigenvalue weighted by atomic mass is 16.5. The minimum Gasteiger partial charge on any atom is -0.504 e. The van der Waals surface area contributed by atoms with E-state index in [4.69, 9.17) is 22.3 Å². The van der Waals surface area contributed by atoms with Crippen molar-refractivity contribution >= 4 is 0 Å². The first-order valence-electron chi connectivity index (χ1n) is 6.82. The zero-order chi connectivity index (χ0) is 17.0. The summed E-state index contributed by atoms with van der Waals surface area (Å²) in [5.41, 5.74) is 1.16. The fraction of sp³-hybridized carbons (Fsp3) is 0.158. The van der Waals surface area contributed by atoms with Gasteiger partial charge in [0.1, 0.15) is 12.2 Å². The van der Waals surface area contributed by atoms with Gasteiger partial charge in [-0.15, -0.1) is 0 Å². The number of rotatable bonds is 4. The highest BCUT2D eigenvalue weighted by Gasteiger charge is 2.25. The first-order chi connectivity index (χ1) is 10.9. The molecule has 0 aromatic heterocycles. The van der Waals surface area contributed by atoms with Crippen molar-refractivity contribution in [2.24, 2.45) is 0 Å². The Labute approximate surface area is 135 Å². The molecule has 2 rings (SSSR count). The molecule has 0 fully saturated rings. The summed E-state index contributed by atoms with van der Waals surface area (Å²) in [5.74, 6) is 0.329. The SMILES string of the molecule is C#COc1ccc(C(C)(C)c2ccc(OC#C)c(O)c2)cc1O. The van der Waals surface area contributed by atoms with E-state index in [1.165, 1.54) is 0 Å². The zero-order valence-electron chi connectivity index (χ0n) is 12.8. The third-order valence-corrected chi connectivity index (χ3v) is 3.70. The van der Waals surface area contributed by atoms with Crippen molar-refractivity contribution < 1.29 is 19.7 Å². The van der Waals surface area contributed by atoms with E-state index in [2.05, 4.69) is 0 Å². The molecule has 0 atom stereocenters. The monoisotopic (exact) mass is 308 g/mol. The van der Waals surface area contributed by atoms with Gasteiger partial charge in [-0.1, -0.05) is 38.8 Å². The number of hydrogen-bond acceptors (Lipinski definition) is 4. The number of hydrogen-bond donors (Lipinski definition) is 2. The molecule has 116 valence electrons. The molecule has 23 heavy (non-hydrogen) atoms. The summed E-state index contributed by atoms with van der Waals surface area (Å²) in [6.45, 7) is 3.92. The second kappa shape index (κ2) is 6.25. The van der Waals surface area contributed by atoms with Gasteiger partial charge in [-0.2, -0.15) is 0 Å². The molecule has 0 aliphatic heterocycles. The molecule has 2 aromatic rings. The topological polar surface area (TPSA) is 58.9 Å². The van der Waals surface area contributed by atoms with Crippen LogP contribution in [-0.2, 0) is 5.41 Å². The lowest BCUT2D eigenvalue weighted by atomic mass is 9.78. The van der Waals surface area contributed by atoms with Gasteiger partial charge >= 0.3 is 0 Å². The summed E-state index contributed by atoms with van der Waals surface area (Å²) in [5, 5.41) is 20.0. The van der Waals surface area contributed by atoms with Crippen LogP contribution < -0.4 is 9.47 Å². The van der Waals surface area contributed by atoms with Gasteiger partial charge in [-0.05, 0) is 35.4 Å². The van der Waals surface area contributed by atoms with Crippen LogP contribution in [0.2, 0.25) is 0 Å². The van der Waals surface area contributed by atoms with E-state index in [9.17, 15) is 10.2 Å². The molecule has 0 heterocycles. The summed E-state index contributed by atoms with van der Waals surface area (Å²) >= 11 is 0. The second-order valence-electron chi connectivity index (χ2n) is 5.43. The Kier molecular flexibility index (Phi) is 4.39. The number of ether oxygens (including phenoxy) is 2. The van der Waals surface area contributed by atoms with Crippen molar-refractivity contribution in [3.8, 4) is 48.1 Å². The Morgan fingerprint density at radius 2 is 1.22 bits per heavy atom. The van der Waals surface area contributed by atoms with Crippen LogP contribution in [0.15, 0.2) is 36.4 Å². The average molecular weight is 308 g/mol. The zero-order valence-corrected chi connectivity index (χ0v) is 12.8. The Bertz CT molecular complexity index is 740. The number of phenols is 2. The van der Waals surface area contributed by atoms with Crippen molar-refractivity contribution in [2.75, 3.05) is 0 Å². The van der Waals surface area contributed by atoms with Gasteiger partial charge < -0.3 is 19.7 Å². The van der Waals surface area contributed by atoms with E-state index >= 15 is 0 Å². The minimum absolute atomic E-state index is 0.0509. The lowest BCUT2D eigenvalue weighted by molar-refractivity contribution is 0.420. The summed E-state index contributed by atoms with van der Waals surface area (Å²) in [7, 11) is 0. The quantitative estimate of drug-likeness (QED) is 0.850. The van der Waals surface area contributed by atoms with E-state index in [-0.39, 0.29) is 23.0 Å². The predicted octanol–water partition coefficient (Wildman–Crippen LogP) is 3.36. The molecule has 0 amide bonds. The smallest absolute Gasteiger partial charge is 0.181 e. The molecule has 0 saturated heterocycles. The highest BCUT2D eigenvalue weighted by molar-refractivity contribution is 5.51. The van der Waals surface area contributed by atoms with Crippen molar-refractivity contribution in [1.82, 2.24) is 0 Å². The third-order valence-electron chi connectivity index (χ3n) is 3.70. The van der Waals surface area contributed by atoms with Gasteiger partial charge in [0.25, 0.3) is 0 Å². The van der Waals surface area contributed by atoms with Gasteiger partial charge in [0, 0.05) is 5.41 Å². The molecule has 2 aromatic carbocycles. The maximum atomic E-state index is 9.99. The van der Waals surface area contributed by atoms with Crippen molar-refractivity contribution in [2.45, 2.75) is 19.3 Å². The van der Waals surface area contributed by atoms with E-state index < -0.39 is 5.41 Å². The van der Waals surface area contributed by atoms with Crippen LogP contribution in [-0.4, -0.2) is 10.2 Å². The van der Waals surface area contributed by atoms with Gasteiger partial charge in [0.05, 0.1) is 0 Å². The maximum Gasteiger partial charge on any atom is 0.181 e. The fourth-order valence-corrected chi connectivity index (χ4v) is 2.28. The van der Waals surface area contributed by atoms with Gasteiger partial charge in [0.2, 0.25) is 0 Å². The molecule has 2 N–H and O–H groups in total.